The number of hydrogen-bond acceptors (Lipinski definition) is 5. The molecule has 0 bridgehead atoms. The Labute approximate surface area is 123 Å². The van der Waals surface area contributed by atoms with Gasteiger partial charge in [0.2, 0.25) is 0 Å². The quantitative estimate of drug-likeness (QED) is 0.919. The lowest BCUT2D eigenvalue weighted by Gasteiger charge is -2.13. The van der Waals surface area contributed by atoms with Crippen molar-refractivity contribution in [2.24, 2.45) is 0 Å². The average Bonchev–Trinajstić information content (AvgIpc) is 2.86. The van der Waals surface area contributed by atoms with E-state index in [1.165, 1.54) is 0 Å². The highest BCUT2D eigenvalue weighted by molar-refractivity contribution is 7.91. The molecule has 1 heterocycles. The highest BCUT2D eigenvalue weighted by atomic mass is 32.2. The molecule has 0 aliphatic carbocycles. The van der Waals surface area contributed by atoms with Gasteiger partial charge in [0.1, 0.15) is 0 Å². The second kappa shape index (κ2) is 5.93. The third-order valence-corrected chi connectivity index (χ3v) is 5.60. The summed E-state index contributed by atoms with van der Waals surface area (Å²) in [6.07, 6.45) is 0. The maximum Gasteiger partial charge on any atom is 0.178 e. The molecule has 0 radical (unpaired) electrons. The van der Waals surface area contributed by atoms with Gasteiger partial charge in [-0.25, -0.2) is 13.4 Å². The number of benzene rings is 1. The van der Waals surface area contributed by atoms with Gasteiger partial charge in [0.15, 0.2) is 9.84 Å². The van der Waals surface area contributed by atoms with Gasteiger partial charge in [-0.1, -0.05) is 6.92 Å². The zero-order valence-electron chi connectivity index (χ0n) is 11.8. The Hall–Kier alpha value is -1.40. The third-order valence-electron chi connectivity index (χ3n) is 3.06. The molecule has 4 nitrogen and oxygen atoms in total. The summed E-state index contributed by atoms with van der Waals surface area (Å²) in [5, 5.41) is 6.39. The van der Waals surface area contributed by atoms with Gasteiger partial charge in [-0.05, 0) is 38.1 Å². The fourth-order valence-corrected chi connectivity index (χ4v) is 3.42. The van der Waals surface area contributed by atoms with Gasteiger partial charge in [0.05, 0.1) is 27.4 Å². The van der Waals surface area contributed by atoms with E-state index in [-0.39, 0.29) is 11.8 Å². The first-order valence-electron chi connectivity index (χ1n) is 6.44. The minimum atomic E-state index is -3.13. The molecular formula is C14H18N2O2S2. The van der Waals surface area contributed by atoms with E-state index >= 15 is 0 Å². The van der Waals surface area contributed by atoms with Gasteiger partial charge >= 0.3 is 0 Å². The van der Waals surface area contributed by atoms with Crippen molar-refractivity contribution in [3.8, 4) is 0 Å². The number of rotatable bonds is 5. The van der Waals surface area contributed by atoms with E-state index in [0.29, 0.717) is 4.90 Å². The van der Waals surface area contributed by atoms with Crippen LogP contribution in [0.1, 0.15) is 30.6 Å². The smallest absolute Gasteiger partial charge is 0.178 e. The Morgan fingerprint density at radius 1 is 1.30 bits per heavy atom. The molecule has 0 amide bonds. The Balaban J connectivity index is 2.11. The van der Waals surface area contributed by atoms with E-state index in [0.717, 1.165) is 16.4 Å². The standard InChI is InChI=1S/C14H18N2O2S2/c1-4-20(17,18)13-7-5-12(6-8-13)15-10(2)14-9-19-11(3)16-14/h5-10,15H,4H2,1-3H3. The van der Waals surface area contributed by atoms with Crippen molar-refractivity contribution < 1.29 is 8.42 Å². The van der Waals surface area contributed by atoms with Crippen LogP contribution in [0.15, 0.2) is 34.5 Å². The fourth-order valence-electron chi connectivity index (χ4n) is 1.83. The molecule has 1 unspecified atom stereocenters. The van der Waals surface area contributed by atoms with Gasteiger partial charge in [-0.2, -0.15) is 0 Å². The molecule has 0 aliphatic rings. The molecule has 108 valence electrons. The van der Waals surface area contributed by atoms with Gasteiger partial charge in [0.25, 0.3) is 0 Å². The number of hydrogen-bond donors (Lipinski definition) is 1. The van der Waals surface area contributed by atoms with Crippen LogP contribution in [0.4, 0.5) is 5.69 Å². The largest absolute Gasteiger partial charge is 0.377 e. The van der Waals surface area contributed by atoms with Crippen LogP contribution in [0.3, 0.4) is 0 Å². The minimum Gasteiger partial charge on any atom is -0.377 e. The molecule has 0 spiro atoms. The first-order chi connectivity index (χ1) is 9.42. The van der Waals surface area contributed by atoms with E-state index in [9.17, 15) is 8.42 Å². The monoisotopic (exact) mass is 310 g/mol. The predicted molar refractivity (Wildman–Crippen MR) is 83.1 cm³/mol. The van der Waals surface area contributed by atoms with Crippen LogP contribution in [-0.2, 0) is 9.84 Å². The van der Waals surface area contributed by atoms with E-state index in [4.69, 9.17) is 0 Å². The summed E-state index contributed by atoms with van der Waals surface area (Å²) < 4.78 is 23.5. The molecule has 0 saturated carbocycles. The maximum atomic E-state index is 11.7. The number of sulfone groups is 1. The Morgan fingerprint density at radius 3 is 2.45 bits per heavy atom. The molecule has 6 heteroatoms. The molecule has 1 aromatic heterocycles. The molecule has 0 saturated heterocycles. The van der Waals surface area contributed by atoms with Crippen LogP contribution < -0.4 is 5.32 Å². The molecular weight excluding hydrogens is 292 g/mol. The molecule has 0 fully saturated rings. The lowest BCUT2D eigenvalue weighted by Crippen LogP contribution is -2.08. The normalized spacial score (nSPS) is 13.2. The van der Waals surface area contributed by atoms with Crippen molar-refractivity contribution in [2.75, 3.05) is 11.1 Å². The second-order valence-electron chi connectivity index (χ2n) is 4.59. The van der Waals surface area contributed by atoms with Gasteiger partial charge in [-0.3, -0.25) is 0 Å². The van der Waals surface area contributed by atoms with E-state index in [2.05, 4.69) is 10.3 Å². The van der Waals surface area contributed by atoms with Crippen molar-refractivity contribution in [1.82, 2.24) is 4.98 Å². The molecule has 20 heavy (non-hydrogen) atoms. The number of aryl methyl sites for hydroxylation is 1. The van der Waals surface area contributed by atoms with E-state index in [1.807, 2.05) is 19.2 Å². The molecule has 1 atom stereocenters. The average molecular weight is 310 g/mol. The van der Waals surface area contributed by atoms with Crippen molar-refractivity contribution in [3.63, 3.8) is 0 Å². The van der Waals surface area contributed by atoms with Crippen LogP contribution in [0.2, 0.25) is 0 Å². The summed E-state index contributed by atoms with van der Waals surface area (Å²) in [4.78, 5) is 4.80. The van der Waals surface area contributed by atoms with Crippen molar-refractivity contribution >= 4 is 26.9 Å². The lowest BCUT2D eigenvalue weighted by molar-refractivity contribution is 0.597. The van der Waals surface area contributed by atoms with E-state index in [1.54, 1.807) is 42.5 Å². The van der Waals surface area contributed by atoms with Gasteiger partial charge < -0.3 is 5.32 Å². The van der Waals surface area contributed by atoms with Gasteiger partial charge in [0, 0.05) is 11.1 Å². The third kappa shape index (κ3) is 3.37. The van der Waals surface area contributed by atoms with Crippen LogP contribution in [-0.4, -0.2) is 19.2 Å². The Bertz CT molecular complexity index is 675. The molecule has 2 rings (SSSR count). The lowest BCUT2D eigenvalue weighted by atomic mass is 10.2. The number of anilines is 1. The molecule has 1 N–H and O–H groups in total. The zero-order chi connectivity index (χ0) is 14.8. The first kappa shape index (κ1) is 15.0. The number of nitrogens with zero attached hydrogens (tertiary/aromatic N) is 1. The van der Waals surface area contributed by atoms with Crippen LogP contribution >= 0.6 is 11.3 Å². The molecule has 1 aromatic carbocycles. The zero-order valence-corrected chi connectivity index (χ0v) is 13.4. The number of nitrogens with one attached hydrogen (secondary N) is 1. The van der Waals surface area contributed by atoms with Crippen LogP contribution in [0.5, 0.6) is 0 Å². The topological polar surface area (TPSA) is 59.1 Å². The SMILES string of the molecule is CCS(=O)(=O)c1ccc(NC(C)c2csc(C)n2)cc1. The summed E-state index contributed by atoms with van der Waals surface area (Å²) in [7, 11) is -3.13. The highest BCUT2D eigenvalue weighted by Crippen LogP contribution is 2.22. The predicted octanol–water partition coefficient (Wildman–Crippen LogP) is 3.42. The summed E-state index contributed by atoms with van der Waals surface area (Å²) >= 11 is 1.62. The fraction of sp³-hybridized carbons (Fsp3) is 0.357. The number of thiazole rings is 1. The Kier molecular flexibility index (Phi) is 4.45. The summed E-state index contributed by atoms with van der Waals surface area (Å²) in [6.45, 7) is 5.66. The van der Waals surface area contributed by atoms with Crippen LogP contribution in [0, 0.1) is 6.92 Å². The molecule has 0 aliphatic heterocycles. The molecule has 2 aromatic rings. The minimum absolute atomic E-state index is 0.0913. The summed E-state index contributed by atoms with van der Waals surface area (Å²) in [5.41, 5.74) is 1.89. The summed E-state index contributed by atoms with van der Waals surface area (Å²) in [6, 6.07) is 6.95. The second-order valence-corrected chi connectivity index (χ2v) is 7.93. The maximum absolute atomic E-state index is 11.7. The Morgan fingerprint density at radius 2 is 1.95 bits per heavy atom. The van der Waals surface area contributed by atoms with Crippen LogP contribution in [0.25, 0.3) is 0 Å². The van der Waals surface area contributed by atoms with E-state index < -0.39 is 9.84 Å². The highest BCUT2D eigenvalue weighted by Gasteiger charge is 2.12. The van der Waals surface area contributed by atoms with Crippen molar-refractivity contribution in [3.05, 3.63) is 40.3 Å². The van der Waals surface area contributed by atoms with Crippen molar-refractivity contribution in [2.45, 2.75) is 31.7 Å². The van der Waals surface area contributed by atoms with Gasteiger partial charge in [-0.15, -0.1) is 11.3 Å². The first-order valence-corrected chi connectivity index (χ1v) is 8.97. The number of aromatic nitrogens is 1. The summed E-state index contributed by atoms with van der Waals surface area (Å²) in [5.74, 6) is 0.119. The van der Waals surface area contributed by atoms with Crippen molar-refractivity contribution in [1.29, 1.82) is 0 Å².